The van der Waals surface area contributed by atoms with Crippen LogP contribution in [0.15, 0.2) is 18.2 Å². The first-order valence-electron chi connectivity index (χ1n) is 6.79. The van der Waals surface area contributed by atoms with Crippen LogP contribution in [-0.4, -0.2) is 43.5 Å². The van der Waals surface area contributed by atoms with Crippen LogP contribution in [0.4, 0.5) is 0 Å². The van der Waals surface area contributed by atoms with Gasteiger partial charge in [0.2, 0.25) is 0 Å². The minimum absolute atomic E-state index is 0.186. The first kappa shape index (κ1) is 15.9. The predicted molar refractivity (Wildman–Crippen MR) is 78.8 cm³/mol. The summed E-state index contributed by atoms with van der Waals surface area (Å²) in [4.78, 5) is 14.6. The van der Waals surface area contributed by atoms with Crippen LogP contribution in [0.25, 0.3) is 0 Å². The molecule has 1 aromatic rings. The average Bonchev–Trinajstić information content (AvgIpc) is 2.36. The Hall–Kier alpha value is -1.19. The van der Waals surface area contributed by atoms with Crippen molar-refractivity contribution in [2.75, 3.05) is 26.8 Å². The number of benzene rings is 1. The van der Waals surface area contributed by atoms with Gasteiger partial charge in [-0.2, -0.15) is 0 Å². The summed E-state index contributed by atoms with van der Waals surface area (Å²) in [6.07, 6.45) is 0. The molecule has 0 atom stereocenters. The van der Waals surface area contributed by atoms with Crippen molar-refractivity contribution in [2.45, 2.75) is 33.7 Å². The Bertz CT molecular complexity index is 427. The van der Waals surface area contributed by atoms with Gasteiger partial charge in [-0.3, -0.25) is 9.69 Å². The van der Waals surface area contributed by atoms with Gasteiger partial charge in [0.25, 0.3) is 0 Å². The van der Waals surface area contributed by atoms with Crippen molar-refractivity contribution in [2.24, 2.45) is 0 Å². The molecule has 0 amide bonds. The SMILES string of the molecule is COCCN(CC(=O)c1cc(C)ccc1C)C(C)C. The standard InChI is InChI=1S/C16H25NO2/c1-12(2)17(8-9-19-5)11-16(18)15-10-13(3)6-7-14(15)4/h6-7,10,12H,8-9,11H2,1-5H3. The number of Topliss-reactive ketones (excluding diaryl/α,β-unsaturated/α-hetero) is 1. The molecule has 0 fully saturated rings. The molecule has 0 spiro atoms. The number of nitrogens with zero attached hydrogens (tertiary/aromatic N) is 1. The molecule has 0 aliphatic carbocycles. The Balaban J connectivity index is 2.78. The van der Waals surface area contributed by atoms with E-state index in [0.717, 1.165) is 23.2 Å². The second-order valence-electron chi connectivity index (χ2n) is 5.30. The molecule has 0 N–H and O–H groups in total. The lowest BCUT2D eigenvalue weighted by Gasteiger charge is -2.25. The number of aryl methyl sites for hydroxylation is 2. The largest absolute Gasteiger partial charge is 0.383 e. The zero-order chi connectivity index (χ0) is 14.4. The molecule has 0 saturated heterocycles. The fourth-order valence-electron chi connectivity index (χ4n) is 2.03. The van der Waals surface area contributed by atoms with Crippen molar-refractivity contribution >= 4 is 5.78 Å². The molecule has 0 radical (unpaired) electrons. The molecule has 106 valence electrons. The van der Waals surface area contributed by atoms with Gasteiger partial charge in [-0.25, -0.2) is 0 Å². The number of methoxy groups -OCH3 is 1. The number of ether oxygens (including phenoxy) is 1. The van der Waals surface area contributed by atoms with E-state index in [1.165, 1.54) is 0 Å². The van der Waals surface area contributed by atoms with E-state index < -0.39 is 0 Å². The van der Waals surface area contributed by atoms with E-state index in [4.69, 9.17) is 4.74 Å². The average molecular weight is 263 g/mol. The van der Waals surface area contributed by atoms with Gasteiger partial charge in [0.05, 0.1) is 13.2 Å². The monoisotopic (exact) mass is 263 g/mol. The van der Waals surface area contributed by atoms with Crippen LogP contribution in [-0.2, 0) is 4.74 Å². The molecule has 0 bridgehead atoms. The minimum Gasteiger partial charge on any atom is -0.383 e. The topological polar surface area (TPSA) is 29.5 Å². The number of carbonyl (C=O) groups is 1. The van der Waals surface area contributed by atoms with Crippen LogP contribution in [0, 0.1) is 13.8 Å². The third kappa shape index (κ3) is 4.77. The molecule has 3 heteroatoms. The lowest BCUT2D eigenvalue weighted by atomic mass is 10.0. The van der Waals surface area contributed by atoms with Gasteiger partial charge in [-0.05, 0) is 39.3 Å². The summed E-state index contributed by atoms with van der Waals surface area (Å²) in [6.45, 7) is 10.1. The summed E-state index contributed by atoms with van der Waals surface area (Å²) in [5, 5.41) is 0. The van der Waals surface area contributed by atoms with Crippen LogP contribution in [0.5, 0.6) is 0 Å². The fraction of sp³-hybridized carbons (Fsp3) is 0.562. The van der Waals surface area contributed by atoms with Crippen molar-refractivity contribution in [1.29, 1.82) is 0 Å². The Morgan fingerprint density at radius 2 is 2.00 bits per heavy atom. The second-order valence-corrected chi connectivity index (χ2v) is 5.30. The van der Waals surface area contributed by atoms with Crippen LogP contribution in [0.1, 0.15) is 35.3 Å². The summed E-state index contributed by atoms with van der Waals surface area (Å²) in [5.74, 6) is 0.186. The first-order valence-corrected chi connectivity index (χ1v) is 6.79. The van der Waals surface area contributed by atoms with Crippen molar-refractivity contribution in [3.63, 3.8) is 0 Å². The van der Waals surface area contributed by atoms with Gasteiger partial charge in [-0.1, -0.05) is 17.7 Å². The maximum atomic E-state index is 12.4. The Kier molecular flexibility index (Phi) is 6.19. The Morgan fingerprint density at radius 3 is 2.58 bits per heavy atom. The highest BCUT2D eigenvalue weighted by molar-refractivity contribution is 5.99. The van der Waals surface area contributed by atoms with E-state index in [-0.39, 0.29) is 5.78 Å². The number of carbonyl (C=O) groups excluding carboxylic acids is 1. The van der Waals surface area contributed by atoms with Crippen LogP contribution >= 0.6 is 0 Å². The van der Waals surface area contributed by atoms with E-state index in [1.807, 2.05) is 32.0 Å². The minimum atomic E-state index is 0.186. The highest BCUT2D eigenvalue weighted by Crippen LogP contribution is 2.12. The molecule has 19 heavy (non-hydrogen) atoms. The molecule has 0 aromatic heterocycles. The molecule has 0 unspecified atom stereocenters. The van der Waals surface area contributed by atoms with Crippen LogP contribution in [0.3, 0.4) is 0 Å². The summed E-state index contributed by atoms with van der Waals surface area (Å²) in [6, 6.07) is 6.37. The molecule has 1 aromatic carbocycles. The first-order chi connectivity index (χ1) is 8.95. The quantitative estimate of drug-likeness (QED) is 0.708. The van der Waals surface area contributed by atoms with E-state index in [9.17, 15) is 4.79 Å². The zero-order valence-corrected chi connectivity index (χ0v) is 12.7. The van der Waals surface area contributed by atoms with Gasteiger partial charge in [0.1, 0.15) is 0 Å². The summed E-state index contributed by atoms with van der Waals surface area (Å²) in [5.41, 5.74) is 3.01. The van der Waals surface area contributed by atoms with E-state index in [2.05, 4.69) is 18.7 Å². The fourth-order valence-corrected chi connectivity index (χ4v) is 2.03. The van der Waals surface area contributed by atoms with Gasteiger partial charge in [-0.15, -0.1) is 0 Å². The van der Waals surface area contributed by atoms with Gasteiger partial charge in [0.15, 0.2) is 5.78 Å². The number of hydrogen-bond acceptors (Lipinski definition) is 3. The maximum Gasteiger partial charge on any atom is 0.177 e. The van der Waals surface area contributed by atoms with Gasteiger partial charge >= 0.3 is 0 Å². The number of ketones is 1. The summed E-state index contributed by atoms with van der Waals surface area (Å²) < 4.78 is 5.10. The molecule has 0 heterocycles. The molecular weight excluding hydrogens is 238 g/mol. The third-order valence-corrected chi connectivity index (χ3v) is 3.35. The number of hydrogen-bond donors (Lipinski definition) is 0. The Labute approximate surface area is 116 Å². The normalized spacial score (nSPS) is 11.3. The smallest absolute Gasteiger partial charge is 0.177 e. The number of rotatable bonds is 7. The van der Waals surface area contributed by atoms with Gasteiger partial charge in [0, 0.05) is 25.3 Å². The maximum absolute atomic E-state index is 12.4. The third-order valence-electron chi connectivity index (χ3n) is 3.35. The van der Waals surface area contributed by atoms with Crippen LogP contribution in [0.2, 0.25) is 0 Å². The van der Waals surface area contributed by atoms with E-state index in [1.54, 1.807) is 7.11 Å². The van der Waals surface area contributed by atoms with E-state index in [0.29, 0.717) is 19.2 Å². The zero-order valence-electron chi connectivity index (χ0n) is 12.7. The van der Waals surface area contributed by atoms with Crippen molar-refractivity contribution in [3.8, 4) is 0 Å². The predicted octanol–water partition coefficient (Wildman–Crippen LogP) is 2.84. The highest BCUT2D eigenvalue weighted by atomic mass is 16.5. The highest BCUT2D eigenvalue weighted by Gasteiger charge is 2.16. The molecule has 0 aliphatic heterocycles. The molecule has 0 aliphatic rings. The van der Waals surface area contributed by atoms with E-state index >= 15 is 0 Å². The Morgan fingerprint density at radius 1 is 1.32 bits per heavy atom. The van der Waals surface area contributed by atoms with Crippen molar-refractivity contribution in [1.82, 2.24) is 4.90 Å². The molecule has 1 rings (SSSR count). The molecule has 0 saturated carbocycles. The lowest BCUT2D eigenvalue weighted by Crippen LogP contribution is -2.38. The van der Waals surface area contributed by atoms with Gasteiger partial charge < -0.3 is 4.74 Å². The van der Waals surface area contributed by atoms with Crippen LogP contribution < -0.4 is 0 Å². The summed E-state index contributed by atoms with van der Waals surface area (Å²) in [7, 11) is 1.69. The molecular formula is C16H25NO2. The molecule has 3 nitrogen and oxygen atoms in total. The van der Waals surface area contributed by atoms with Crippen molar-refractivity contribution in [3.05, 3.63) is 34.9 Å². The lowest BCUT2D eigenvalue weighted by molar-refractivity contribution is 0.0851. The second kappa shape index (κ2) is 7.41. The van der Waals surface area contributed by atoms with Crippen molar-refractivity contribution < 1.29 is 9.53 Å². The summed E-state index contributed by atoms with van der Waals surface area (Å²) >= 11 is 0.